The summed E-state index contributed by atoms with van der Waals surface area (Å²) >= 11 is 1.87. The third kappa shape index (κ3) is 6.01. The van der Waals surface area contributed by atoms with Crippen LogP contribution in [0, 0.1) is 17.8 Å². The lowest BCUT2D eigenvalue weighted by Gasteiger charge is -2.45. The molecule has 2 atom stereocenters. The van der Waals surface area contributed by atoms with Crippen LogP contribution >= 0.6 is 11.3 Å². The van der Waals surface area contributed by atoms with E-state index in [1.165, 1.54) is 87.6 Å². The van der Waals surface area contributed by atoms with Crippen LogP contribution in [-0.4, -0.2) is 0 Å². The molecule has 0 N–H and O–H groups in total. The maximum absolute atomic E-state index is 2.48. The molecule has 56 heavy (non-hydrogen) atoms. The Kier molecular flexibility index (Phi) is 8.32. The quantitative estimate of drug-likeness (QED) is 0.153. The van der Waals surface area contributed by atoms with Gasteiger partial charge in [-0.2, -0.15) is 0 Å². The van der Waals surface area contributed by atoms with Crippen LogP contribution in [0.2, 0.25) is 0 Å². The lowest BCUT2D eigenvalue weighted by atomic mass is 9.59. The normalized spacial score (nSPS) is 21.3. The molecule has 7 aromatic carbocycles. The van der Waals surface area contributed by atoms with Gasteiger partial charge in [-0.1, -0.05) is 97.1 Å². The van der Waals surface area contributed by atoms with E-state index in [9.17, 15) is 0 Å². The molecule has 2 nitrogen and oxygen atoms in total. The fraction of sp³-hybridized carbons (Fsp3) is 0.208. The van der Waals surface area contributed by atoms with Crippen molar-refractivity contribution >= 4 is 65.6 Å². The number of fused-ring (bicyclic) bond motifs is 4. The second-order valence-electron chi connectivity index (χ2n) is 16.8. The number of rotatable bonds is 8. The van der Waals surface area contributed by atoms with E-state index in [-0.39, 0.29) is 0 Å². The van der Waals surface area contributed by atoms with Gasteiger partial charge in [-0.25, -0.2) is 0 Å². The number of anilines is 6. The molecule has 0 amide bonds. The van der Waals surface area contributed by atoms with E-state index in [1.807, 2.05) is 11.3 Å². The van der Waals surface area contributed by atoms with Gasteiger partial charge in [0.05, 0.1) is 0 Å². The zero-order valence-corrected chi connectivity index (χ0v) is 32.5. The largest absolute Gasteiger partial charge is 0.311 e. The summed E-state index contributed by atoms with van der Waals surface area (Å²) < 4.78 is 2.62. The van der Waals surface area contributed by atoms with Crippen LogP contribution in [0.15, 0.2) is 176 Å². The van der Waals surface area contributed by atoms with Gasteiger partial charge in [-0.05, 0) is 164 Å². The van der Waals surface area contributed by atoms with Crippen LogP contribution < -0.4 is 9.80 Å². The van der Waals surface area contributed by atoms with E-state index in [1.54, 1.807) is 5.56 Å². The third-order valence-electron chi connectivity index (χ3n) is 13.3. The van der Waals surface area contributed by atoms with E-state index < -0.39 is 0 Å². The molecule has 4 aliphatic rings. The average Bonchev–Trinajstić information content (AvgIpc) is 3.50. The molecule has 0 saturated heterocycles. The Morgan fingerprint density at radius 2 is 0.929 bits per heavy atom. The minimum Gasteiger partial charge on any atom is -0.311 e. The van der Waals surface area contributed by atoms with Gasteiger partial charge in [0.1, 0.15) is 0 Å². The number of hydrogen-bond donors (Lipinski definition) is 0. The van der Waals surface area contributed by atoms with Crippen molar-refractivity contribution in [1.82, 2.24) is 0 Å². The van der Waals surface area contributed by atoms with Gasteiger partial charge in [-0.15, -0.1) is 11.3 Å². The van der Waals surface area contributed by atoms with Crippen LogP contribution in [0.4, 0.5) is 34.1 Å². The maximum atomic E-state index is 2.48. The lowest BCUT2D eigenvalue weighted by molar-refractivity contribution is 0.113. The van der Waals surface area contributed by atoms with Crippen LogP contribution in [-0.2, 0) is 5.41 Å². The molecule has 4 aliphatic carbocycles. The maximum Gasteiger partial charge on any atom is 0.0476 e. The molecule has 8 aromatic rings. The Hall–Kier alpha value is -5.64. The van der Waals surface area contributed by atoms with E-state index in [0.717, 1.165) is 40.5 Å². The van der Waals surface area contributed by atoms with Crippen molar-refractivity contribution < 1.29 is 0 Å². The Morgan fingerprint density at radius 1 is 0.411 bits per heavy atom. The highest BCUT2D eigenvalue weighted by molar-refractivity contribution is 7.25. The van der Waals surface area contributed by atoms with Crippen molar-refractivity contribution in [3.05, 3.63) is 181 Å². The first-order valence-corrected chi connectivity index (χ1v) is 21.4. The first-order chi connectivity index (χ1) is 27.7. The highest BCUT2D eigenvalue weighted by Crippen LogP contribution is 2.58. The number of benzene rings is 7. The summed E-state index contributed by atoms with van der Waals surface area (Å²) in [4.78, 5) is 4.83. The summed E-state index contributed by atoms with van der Waals surface area (Å²) in [6, 6.07) is 65.2. The first kappa shape index (κ1) is 33.7. The summed E-state index contributed by atoms with van der Waals surface area (Å²) in [5.74, 6) is 2.84. The molecular weight excluding hydrogens is 697 g/mol. The highest BCUT2D eigenvalue weighted by atomic mass is 32.1. The minimum absolute atomic E-state index is 0.372. The van der Waals surface area contributed by atoms with E-state index >= 15 is 0 Å². The molecule has 274 valence electrons. The van der Waals surface area contributed by atoms with Gasteiger partial charge < -0.3 is 9.80 Å². The molecule has 0 spiro atoms. The zero-order chi connectivity index (χ0) is 37.1. The highest BCUT2D eigenvalue weighted by Gasteiger charge is 2.48. The Morgan fingerprint density at radius 3 is 1.66 bits per heavy atom. The van der Waals surface area contributed by atoms with Crippen molar-refractivity contribution in [2.24, 2.45) is 17.8 Å². The summed E-state index contributed by atoms with van der Waals surface area (Å²) in [6.45, 7) is 0. The minimum atomic E-state index is 0.372. The van der Waals surface area contributed by atoms with Gasteiger partial charge in [0.15, 0.2) is 0 Å². The van der Waals surface area contributed by atoms with Crippen LogP contribution in [0.5, 0.6) is 0 Å². The molecule has 1 heterocycles. The second-order valence-corrected chi connectivity index (χ2v) is 17.9. The zero-order valence-electron chi connectivity index (χ0n) is 31.7. The Bertz CT molecular complexity index is 2630. The molecule has 4 bridgehead atoms. The monoisotopic (exact) mass is 742 g/mol. The van der Waals surface area contributed by atoms with Crippen molar-refractivity contribution in [2.75, 3.05) is 9.80 Å². The summed E-state index contributed by atoms with van der Waals surface area (Å²) in [5.41, 5.74) is 11.3. The average molecular weight is 743 g/mol. The van der Waals surface area contributed by atoms with E-state index in [4.69, 9.17) is 0 Å². The van der Waals surface area contributed by atoms with Crippen molar-refractivity contribution in [1.29, 1.82) is 0 Å². The van der Waals surface area contributed by atoms with Gasteiger partial charge in [0.25, 0.3) is 0 Å². The van der Waals surface area contributed by atoms with Gasteiger partial charge in [0.2, 0.25) is 0 Å². The fourth-order valence-corrected chi connectivity index (χ4v) is 12.2. The van der Waals surface area contributed by atoms with Crippen molar-refractivity contribution in [3.63, 3.8) is 0 Å². The molecule has 3 heteroatoms. The van der Waals surface area contributed by atoms with Gasteiger partial charge >= 0.3 is 0 Å². The van der Waals surface area contributed by atoms with Crippen LogP contribution in [0.25, 0.3) is 31.3 Å². The molecule has 0 aliphatic heterocycles. The van der Waals surface area contributed by atoms with E-state index in [2.05, 4.69) is 186 Å². The molecule has 4 fully saturated rings. The Labute approximate surface area is 334 Å². The smallest absolute Gasteiger partial charge is 0.0476 e. The number of thiophene rings is 1. The fourth-order valence-electron chi connectivity index (χ4n) is 11.0. The number of para-hydroxylation sites is 1. The molecular formula is C53H46N2S. The number of hydrogen-bond acceptors (Lipinski definition) is 3. The van der Waals surface area contributed by atoms with Gasteiger partial charge in [0, 0.05) is 54.3 Å². The first-order valence-electron chi connectivity index (χ1n) is 20.6. The third-order valence-corrected chi connectivity index (χ3v) is 14.5. The predicted octanol–water partition coefficient (Wildman–Crippen LogP) is 15.5. The molecule has 12 rings (SSSR count). The standard InChI is InChI=1S/C53H46N2S/c1-3-10-40(11-4-1)41-12-9-15-47(33-41)55(48-26-27-50-49-16-7-8-17-51(49)56-52(50)34-48)46-24-22-45(23-25-46)54(43-13-5-2-6-14-43)44-20-18-42(19-21-44)53-29-28-37-30-38(35-53)32-39(31-37)36-53/h1-27,33-34,37-39H,28-32,35-36H2. The van der Waals surface area contributed by atoms with Gasteiger partial charge in [-0.3, -0.25) is 0 Å². The second kappa shape index (κ2) is 13.8. The summed E-state index contributed by atoms with van der Waals surface area (Å²) in [5, 5.41) is 2.63. The predicted molar refractivity (Wildman–Crippen MR) is 239 cm³/mol. The lowest BCUT2D eigenvalue weighted by Crippen LogP contribution is -2.37. The van der Waals surface area contributed by atoms with Crippen LogP contribution in [0.3, 0.4) is 0 Å². The SMILES string of the molecule is c1ccc(-c2cccc(N(c3ccc(N(c4ccccc4)c4ccc(C56CCC7CC(CC(C7)C5)C6)cc4)cc3)c3ccc4c(c3)sc3ccccc34)c2)cc1. The number of nitrogens with zero attached hydrogens (tertiary/aromatic N) is 2. The molecule has 1 aromatic heterocycles. The van der Waals surface area contributed by atoms with E-state index in [0.29, 0.717) is 5.41 Å². The summed E-state index contributed by atoms with van der Waals surface area (Å²) in [7, 11) is 0. The Balaban J connectivity index is 0.982. The molecule has 2 unspecified atom stereocenters. The summed E-state index contributed by atoms with van der Waals surface area (Å²) in [6.07, 6.45) is 10.0. The van der Waals surface area contributed by atoms with Crippen molar-refractivity contribution in [3.8, 4) is 11.1 Å². The molecule has 4 saturated carbocycles. The van der Waals surface area contributed by atoms with Crippen molar-refractivity contribution in [2.45, 2.75) is 50.4 Å². The molecule has 0 radical (unpaired) electrons. The topological polar surface area (TPSA) is 6.48 Å². The van der Waals surface area contributed by atoms with Crippen LogP contribution in [0.1, 0.15) is 50.5 Å².